The SMILES string of the molecule is CCn1cc(Oc2cc3nc(C)sc3cc2N)cn1. The van der Waals surface area contributed by atoms with Crippen LogP contribution in [-0.4, -0.2) is 14.8 Å². The van der Waals surface area contributed by atoms with E-state index in [4.69, 9.17) is 10.5 Å². The maximum Gasteiger partial charge on any atom is 0.165 e. The molecule has 0 unspecified atom stereocenters. The molecule has 3 aromatic rings. The minimum absolute atomic E-state index is 0.611. The Morgan fingerprint density at radius 2 is 2.26 bits per heavy atom. The van der Waals surface area contributed by atoms with Gasteiger partial charge in [-0.25, -0.2) is 4.98 Å². The number of aromatic nitrogens is 3. The van der Waals surface area contributed by atoms with Crippen molar-refractivity contribution < 1.29 is 4.74 Å². The van der Waals surface area contributed by atoms with Crippen molar-refractivity contribution in [3.63, 3.8) is 0 Å². The highest BCUT2D eigenvalue weighted by molar-refractivity contribution is 7.18. The Morgan fingerprint density at radius 3 is 3.00 bits per heavy atom. The average Bonchev–Trinajstić information content (AvgIpc) is 2.95. The van der Waals surface area contributed by atoms with Gasteiger partial charge in [-0.2, -0.15) is 5.10 Å². The van der Waals surface area contributed by atoms with Gasteiger partial charge in [0, 0.05) is 12.6 Å². The van der Waals surface area contributed by atoms with Gasteiger partial charge in [-0.1, -0.05) is 0 Å². The number of nitrogen functional groups attached to an aromatic ring is 1. The topological polar surface area (TPSA) is 66.0 Å². The highest BCUT2D eigenvalue weighted by Gasteiger charge is 2.09. The molecule has 0 bridgehead atoms. The molecule has 0 aliphatic rings. The number of hydrogen-bond acceptors (Lipinski definition) is 5. The molecule has 0 saturated carbocycles. The van der Waals surface area contributed by atoms with E-state index in [9.17, 15) is 0 Å². The second-order valence-electron chi connectivity index (χ2n) is 4.22. The van der Waals surface area contributed by atoms with Crippen LogP contribution >= 0.6 is 11.3 Å². The fourth-order valence-corrected chi connectivity index (χ4v) is 2.73. The van der Waals surface area contributed by atoms with E-state index in [1.807, 2.05) is 32.2 Å². The highest BCUT2D eigenvalue weighted by atomic mass is 32.1. The summed E-state index contributed by atoms with van der Waals surface area (Å²) in [5.41, 5.74) is 7.53. The summed E-state index contributed by atoms with van der Waals surface area (Å²) in [5, 5.41) is 5.18. The van der Waals surface area contributed by atoms with Gasteiger partial charge in [-0.05, 0) is 19.9 Å². The Morgan fingerprint density at radius 1 is 1.42 bits per heavy atom. The number of ether oxygens (including phenoxy) is 1. The third-order valence-electron chi connectivity index (χ3n) is 2.79. The van der Waals surface area contributed by atoms with Crippen LogP contribution < -0.4 is 10.5 Å². The lowest BCUT2D eigenvalue weighted by molar-refractivity contribution is 0.484. The number of aryl methyl sites for hydroxylation is 2. The number of rotatable bonds is 3. The van der Waals surface area contributed by atoms with Gasteiger partial charge in [-0.3, -0.25) is 4.68 Å². The van der Waals surface area contributed by atoms with Gasteiger partial charge in [0.25, 0.3) is 0 Å². The lowest BCUT2D eigenvalue weighted by Crippen LogP contribution is -1.93. The van der Waals surface area contributed by atoms with E-state index in [1.165, 1.54) is 0 Å². The van der Waals surface area contributed by atoms with Crippen molar-refractivity contribution in [1.29, 1.82) is 0 Å². The minimum atomic E-state index is 0.611. The maximum absolute atomic E-state index is 6.01. The zero-order chi connectivity index (χ0) is 13.4. The molecule has 3 rings (SSSR count). The molecule has 19 heavy (non-hydrogen) atoms. The molecule has 0 aliphatic heterocycles. The first-order valence-corrected chi connectivity index (χ1v) is 6.84. The maximum atomic E-state index is 6.01. The summed E-state index contributed by atoms with van der Waals surface area (Å²) in [4.78, 5) is 4.44. The molecule has 2 N–H and O–H groups in total. The number of benzene rings is 1. The van der Waals surface area contributed by atoms with Crippen LogP contribution in [0.2, 0.25) is 0 Å². The van der Waals surface area contributed by atoms with Gasteiger partial charge in [0.1, 0.15) is 0 Å². The fraction of sp³-hybridized carbons (Fsp3) is 0.231. The molecule has 1 aromatic carbocycles. The van der Waals surface area contributed by atoms with Gasteiger partial charge >= 0.3 is 0 Å². The normalized spacial score (nSPS) is 11.1. The monoisotopic (exact) mass is 274 g/mol. The molecule has 6 heteroatoms. The lowest BCUT2D eigenvalue weighted by atomic mass is 10.3. The van der Waals surface area contributed by atoms with Crippen LogP contribution in [-0.2, 0) is 6.54 Å². The summed E-state index contributed by atoms with van der Waals surface area (Å²) in [7, 11) is 0. The van der Waals surface area contributed by atoms with Crippen LogP contribution in [0.3, 0.4) is 0 Å². The molecule has 0 saturated heterocycles. The quantitative estimate of drug-likeness (QED) is 0.745. The molecular weight excluding hydrogens is 260 g/mol. The van der Waals surface area contributed by atoms with Crippen molar-refractivity contribution in [2.75, 3.05) is 5.73 Å². The smallest absolute Gasteiger partial charge is 0.165 e. The van der Waals surface area contributed by atoms with E-state index < -0.39 is 0 Å². The van der Waals surface area contributed by atoms with E-state index in [1.54, 1.807) is 22.2 Å². The molecule has 0 spiro atoms. The van der Waals surface area contributed by atoms with Crippen LogP contribution in [0, 0.1) is 6.92 Å². The number of hydrogen-bond donors (Lipinski definition) is 1. The van der Waals surface area contributed by atoms with Crippen molar-refractivity contribution in [1.82, 2.24) is 14.8 Å². The van der Waals surface area contributed by atoms with Crippen LogP contribution in [0.1, 0.15) is 11.9 Å². The Balaban J connectivity index is 1.97. The summed E-state index contributed by atoms with van der Waals surface area (Å²) >= 11 is 1.63. The van der Waals surface area contributed by atoms with Gasteiger partial charge in [0.15, 0.2) is 11.5 Å². The average molecular weight is 274 g/mol. The standard InChI is InChI=1S/C13H14N4OS/c1-3-17-7-9(6-15-17)18-12-5-11-13(4-10(12)14)19-8(2)16-11/h4-7H,3,14H2,1-2H3. The highest BCUT2D eigenvalue weighted by Crippen LogP contribution is 2.33. The summed E-state index contributed by atoms with van der Waals surface area (Å²) in [6, 6.07) is 3.77. The predicted molar refractivity (Wildman–Crippen MR) is 76.7 cm³/mol. The summed E-state index contributed by atoms with van der Waals surface area (Å²) in [6.45, 7) is 4.81. The molecule has 0 radical (unpaired) electrons. The van der Waals surface area contributed by atoms with E-state index in [0.29, 0.717) is 17.2 Å². The van der Waals surface area contributed by atoms with Gasteiger partial charge in [-0.15, -0.1) is 11.3 Å². The van der Waals surface area contributed by atoms with Crippen LogP contribution in [0.15, 0.2) is 24.5 Å². The fourth-order valence-electron chi connectivity index (χ4n) is 1.87. The van der Waals surface area contributed by atoms with Crippen LogP contribution in [0.5, 0.6) is 11.5 Å². The largest absolute Gasteiger partial charge is 0.452 e. The Bertz CT molecular complexity index is 731. The van der Waals surface area contributed by atoms with E-state index in [-0.39, 0.29) is 0 Å². The van der Waals surface area contributed by atoms with Crippen molar-refractivity contribution in [3.05, 3.63) is 29.5 Å². The summed E-state index contributed by atoms with van der Waals surface area (Å²) in [6.07, 6.45) is 3.52. The number of fused-ring (bicyclic) bond motifs is 1. The third kappa shape index (κ3) is 2.26. The zero-order valence-corrected chi connectivity index (χ0v) is 11.6. The first-order chi connectivity index (χ1) is 9.15. The van der Waals surface area contributed by atoms with Gasteiger partial charge in [0.05, 0.1) is 33.3 Å². The van der Waals surface area contributed by atoms with Gasteiger partial charge in [0.2, 0.25) is 0 Å². The predicted octanol–water partition coefficient (Wildman–Crippen LogP) is 3.20. The zero-order valence-electron chi connectivity index (χ0n) is 10.8. The molecule has 2 heterocycles. The molecule has 0 atom stereocenters. The lowest BCUT2D eigenvalue weighted by Gasteiger charge is -2.05. The molecule has 2 aromatic heterocycles. The number of nitrogens with two attached hydrogens (primary N) is 1. The number of anilines is 1. The van der Waals surface area contributed by atoms with Crippen LogP contribution in [0.25, 0.3) is 10.2 Å². The van der Waals surface area contributed by atoms with Crippen molar-refractivity contribution in [3.8, 4) is 11.5 Å². The third-order valence-corrected chi connectivity index (χ3v) is 3.72. The Kier molecular flexibility index (Phi) is 2.87. The first kappa shape index (κ1) is 12.0. The van der Waals surface area contributed by atoms with Crippen molar-refractivity contribution in [2.24, 2.45) is 0 Å². The Hall–Kier alpha value is -2.08. The summed E-state index contributed by atoms with van der Waals surface area (Å²) in [5.74, 6) is 1.30. The van der Waals surface area contributed by atoms with Crippen molar-refractivity contribution >= 4 is 27.2 Å². The van der Waals surface area contributed by atoms with E-state index in [2.05, 4.69) is 10.1 Å². The van der Waals surface area contributed by atoms with E-state index >= 15 is 0 Å². The second kappa shape index (κ2) is 4.55. The van der Waals surface area contributed by atoms with Crippen LogP contribution in [0.4, 0.5) is 5.69 Å². The first-order valence-electron chi connectivity index (χ1n) is 6.02. The second-order valence-corrected chi connectivity index (χ2v) is 5.46. The molecule has 98 valence electrons. The number of thiazole rings is 1. The molecule has 0 fully saturated rings. The van der Waals surface area contributed by atoms with Gasteiger partial charge < -0.3 is 10.5 Å². The molecule has 5 nitrogen and oxygen atoms in total. The minimum Gasteiger partial charge on any atom is -0.452 e. The molecule has 0 amide bonds. The number of nitrogens with zero attached hydrogens (tertiary/aromatic N) is 3. The summed E-state index contributed by atoms with van der Waals surface area (Å²) < 4.78 is 8.64. The molecule has 0 aliphatic carbocycles. The van der Waals surface area contributed by atoms with Crippen molar-refractivity contribution in [2.45, 2.75) is 20.4 Å². The van der Waals surface area contributed by atoms with E-state index in [0.717, 1.165) is 21.8 Å². The Labute approximate surface area is 114 Å². The molecular formula is C13H14N4OS.